The van der Waals surface area contributed by atoms with E-state index in [-0.39, 0.29) is 23.9 Å². The number of amides is 2. The van der Waals surface area contributed by atoms with Crippen LogP contribution >= 0.6 is 0 Å². The second kappa shape index (κ2) is 3.43. The Morgan fingerprint density at radius 3 is 1.69 bits per heavy atom. The van der Waals surface area contributed by atoms with Crippen LogP contribution < -0.4 is 21.5 Å². The summed E-state index contributed by atoms with van der Waals surface area (Å²) < 4.78 is 0. The summed E-state index contributed by atoms with van der Waals surface area (Å²) in [5.41, 5.74) is 4.69. The van der Waals surface area contributed by atoms with Gasteiger partial charge in [-0.05, 0) is 0 Å². The van der Waals surface area contributed by atoms with E-state index < -0.39 is 12.1 Å². The summed E-state index contributed by atoms with van der Waals surface area (Å²) in [5, 5.41) is 6.33. The van der Waals surface area contributed by atoms with Gasteiger partial charge in [0.2, 0.25) is 0 Å². The van der Waals surface area contributed by atoms with E-state index in [1.807, 2.05) is 24.3 Å². The first-order chi connectivity index (χ1) is 7.75. The molecular formula is C10H12N4O2. The number of carbonyl (C=O) groups is 2. The third kappa shape index (κ3) is 1.35. The summed E-state index contributed by atoms with van der Waals surface area (Å²) in [6.45, 7) is 0. The molecule has 2 amide bonds. The van der Waals surface area contributed by atoms with Gasteiger partial charge in [0.05, 0.1) is 0 Å². The standard InChI is InChI=1S/C10H12N4O2/c15-9-7-8(10(16)14-13-9)12-6-4-2-1-3-5(6)11-7/h1-8,11-12H,(H,13,15)(H,14,16). The molecule has 0 spiro atoms. The summed E-state index contributed by atoms with van der Waals surface area (Å²) in [4.78, 5) is 23.2. The highest BCUT2D eigenvalue weighted by Crippen LogP contribution is 2.15. The van der Waals surface area contributed by atoms with Crippen LogP contribution in [0.1, 0.15) is 0 Å². The molecule has 2 aliphatic heterocycles. The molecular weight excluding hydrogens is 208 g/mol. The van der Waals surface area contributed by atoms with E-state index in [1.54, 1.807) is 0 Å². The third-order valence-corrected chi connectivity index (χ3v) is 3.09. The van der Waals surface area contributed by atoms with Crippen molar-refractivity contribution in [1.82, 2.24) is 21.5 Å². The highest BCUT2D eigenvalue weighted by molar-refractivity contribution is 5.97. The first-order valence-electron chi connectivity index (χ1n) is 5.22. The maximum atomic E-state index is 11.6. The summed E-state index contributed by atoms with van der Waals surface area (Å²) in [5.74, 6) is -0.419. The van der Waals surface area contributed by atoms with E-state index >= 15 is 0 Å². The molecule has 2 fully saturated rings. The Morgan fingerprint density at radius 1 is 0.812 bits per heavy atom. The van der Waals surface area contributed by atoms with Gasteiger partial charge >= 0.3 is 0 Å². The lowest BCUT2D eigenvalue weighted by Gasteiger charge is -2.42. The number of rotatable bonds is 0. The van der Waals surface area contributed by atoms with E-state index in [1.165, 1.54) is 0 Å². The van der Waals surface area contributed by atoms with Crippen LogP contribution in [0.15, 0.2) is 24.3 Å². The number of nitrogens with one attached hydrogen (secondary N) is 4. The summed E-state index contributed by atoms with van der Waals surface area (Å²) >= 11 is 0. The normalized spacial score (nSPS) is 40.8. The number of piperazine rings is 1. The summed E-state index contributed by atoms with van der Waals surface area (Å²) in [6.07, 6.45) is 7.81. The highest BCUT2D eigenvalue weighted by Gasteiger charge is 2.44. The van der Waals surface area contributed by atoms with E-state index in [2.05, 4.69) is 21.5 Å². The van der Waals surface area contributed by atoms with Crippen LogP contribution in [0.2, 0.25) is 0 Å². The molecule has 4 unspecified atom stereocenters. The van der Waals surface area contributed by atoms with Crippen LogP contribution in [0.25, 0.3) is 0 Å². The van der Waals surface area contributed by atoms with Crippen LogP contribution in [0.4, 0.5) is 0 Å². The average Bonchev–Trinajstić information content (AvgIpc) is 2.32. The van der Waals surface area contributed by atoms with Gasteiger partial charge in [0.25, 0.3) is 11.8 Å². The number of hydrogen-bond donors (Lipinski definition) is 4. The Bertz CT molecular complexity index is 366. The molecule has 3 aliphatic rings. The first-order valence-corrected chi connectivity index (χ1v) is 5.22. The van der Waals surface area contributed by atoms with Gasteiger partial charge in [0.15, 0.2) is 0 Å². The molecule has 6 heteroatoms. The molecule has 84 valence electrons. The zero-order valence-corrected chi connectivity index (χ0v) is 8.44. The molecule has 0 radical (unpaired) electrons. The van der Waals surface area contributed by atoms with Gasteiger partial charge < -0.3 is 0 Å². The Labute approximate surface area is 92.1 Å². The molecule has 4 atom stereocenters. The van der Waals surface area contributed by atoms with Crippen molar-refractivity contribution in [2.75, 3.05) is 0 Å². The lowest BCUT2D eigenvalue weighted by atomic mass is 9.92. The van der Waals surface area contributed by atoms with E-state index in [0.717, 1.165) is 0 Å². The summed E-state index contributed by atoms with van der Waals surface area (Å²) in [6, 6.07) is -0.900. The molecule has 2 saturated heterocycles. The second-order valence-electron chi connectivity index (χ2n) is 4.09. The molecule has 2 heterocycles. The van der Waals surface area contributed by atoms with Gasteiger partial charge in [-0.3, -0.25) is 31.1 Å². The van der Waals surface area contributed by atoms with Crippen molar-refractivity contribution in [3.63, 3.8) is 0 Å². The minimum atomic E-state index is -0.508. The number of hydrogen-bond acceptors (Lipinski definition) is 4. The molecule has 0 bridgehead atoms. The highest BCUT2D eigenvalue weighted by atomic mass is 16.2. The van der Waals surface area contributed by atoms with Crippen molar-refractivity contribution in [2.24, 2.45) is 0 Å². The van der Waals surface area contributed by atoms with Crippen molar-refractivity contribution < 1.29 is 9.59 Å². The first kappa shape index (κ1) is 9.56. The van der Waals surface area contributed by atoms with Crippen molar-refractivity contribution >= 4 is 11.8 Å². The third-order valence-electron chi connectivity index (χ3n) is 3.09. The fourth-order valence-electron chi connectivity index (χ4n) is 2.27. The lowest BCUT2D eigenvalue weighted by Crippen LogP contribution is -2.77. The van der Waals surface area contributed by atoms with Crippen LogP contribution in [0, 0.1) is 0 Å². The molecule has 0 saturated carbocycles. The lowest BCUT2D eigenvalue weighted by molar-refractivity contribution is -0.139. The number of allylic oxidation sites excluding steroid dienone is 2. The Kier molecular flexibility index (Phi) is 2.05. The molecule has 0 aromatic heterocycles. The topological polar surface area (TPSA) is 82.3 Å². The predicted octanol–water partition coefficient (Wildman–Crippen LogP) is -2.06. The SMILES string of the molecule is O=C1NNC(=O)C2NC3C=CC=CC3NC12. The van der Waals surface area contributed by atoms with Gasteiger partial charge in [0.1, 0.15) is 12.1 Å². The number of hydrazine groups is 1. The molecule has 1 aliphatic carbocycles. The minimum Gasteiger partial charge on any atom is -0.296 e. The van der Waals surface area contributed by atoms with Crippen LogP contribution in [-0.2, 0) is 9.59 Å². The van der Waals surface area contributed by atoms with Crippen molar-refractivity contribution in [3.8, 4) is 0 Å². The van der Waals surface area contributed by atoms with Gasteiger partial charge in [-0.15, -0.1) is 0 Å². The minimum absolute atomic E-state index is 0.0582. The molecule has 0 aromatic rings. The maximum Gasteiger partial charge on any atom is 0.257 e. The van der Waals surface area contributed by atoms with E-state index in [0.29, 0.717) is 0 Å². The fourth-order valence-corrected chi connectivity index (χ4v) is 2.27. The number of fused-ring (bicyclic) bond motifs is 2. The van der Waals surface area contributed by atoms with Crippen LogP contribution in [0.5, 0.6) is 0 Å². The Hall–Kier alpha value is -1.66. The zero-order valence-electron chi connectivity index (χ0n) is 8.44. The molecule has 16 heavy (non-hydrogen) atoms. The second-order valence-corrected chi connectivity index (χ2v) is 4.09. The van der Waals surface area contributed by atoms with Gasteiger partial charge in [-0.1, -0.05) is 24.3 Å². The fraction of sp³-hybridized carbons (Fsp3) is 0.400. The Morgan fingerprint density at radius 2 is 1.25 bits per heavy atom. The van der Waals surface area contributed by atoms with E-state index in [4.69, 9.17) is 0 Å². The van der Waals surface area contributed by atoms with Crippen LogP contribution in [0.3, 0.4) is 0 Å². The van der Waals surface area contributed by atoms with E-state index in [9.17, 15) is 9.59 Å². The van der Waals surface area contributed by atoms with Crippen molar-refractivity contribution in [3.05, 3.63) is 24.3 Å². The van der Waals surface area contributed by atoms with Gasteiger partial charge in [-0.2, -0.15) is 0 Å². The monoisotopic (exact) mass is 220 g/mol. The predicted molar refractivity (Wildman–Crippen MR) is 56.0 cm³/mol. The zero-order chi connectivity index (χ0) is 11.1. The summed E-state index contributed by atoms with van der Waals surface area (Å²) in [7, 11) is 0. The molecule has 6 nitrogen and oxygen atoms in total. The Balaban J connectivity index is 1.86. The molecule has 4 N–H and O–H groups in total. The largest absolute Gasteiger partial charge is 0.296 e. The smallest absolute Gasteiger partial charge is 0.257 e. The molecule has 3 rings (SSSR count). The van der Waals surface area contributed by atoms with Crippen LogP contribution in [-0.4, -0.2) is 36.0 Å². The molecule has 0 aromatic carbocycles. The van der Waals surface area contributed by atoms with Crippen molar-refractivity contribution in [1.29, 1.82) is 0 Å². The quantitative estimate of drug-likeness (QED) is 0.378. The average molecular weight is 220 g/mol. The van der Waals surface area contributed by atoms with Gasteiger partial charge in [0, 0.05) is 12.1 Å². The maximum absolute atomic E-state index is 11.6. The van der Waals surface area contributed by atoms with Crippen molar-refractivity contribution in [2.45, 2.75) is 24.2 Å². The van der Waals surface area contributed by atoms with Gasteiger partial charge in [-0.25, -0.2) is 0 Å². The number of carbonyl (C=O) groups excluding carboxylic acids is 2.